The monoisotopic (exact) mass is 212 g/mol. The molecule has 0 aromatic rings. The van der Waals surface area contributed by atoms with E-state index < -0.39 is 0 Å². The maximum atomic E-state index is 5.80. The van der Waals surface area contributed by atoms with Gasteiger partial charge in [0.05, 0.1) is 26.6 Å². The van der Waals surface area contributed by atoms with Gasteiger partial charge in [0.2, 0.25) is 0 Å². The van der Waals surface area contributed by atoms with Crippen LogP contribution in [0.25, 0.3) is 0 Å². The largest absolute Gasteiger partial charge is 0.338 e. The van der Waals surface area contributed by atoms with Gasteiger partial charge in [-0.05, 0) is 0 Å². The Hall–Kier alpha value is -0.830. The minimum Gasteiger partial charge on any atom is -0.338 e. The molecule has 2 heterocycles. The van der Waals surface area contributed by atoms with E-state index in [2.05, 4.69) is 18.6 Å². The van der Waals surface area contributed by atoms with Crippen LogP contribution in [0, 0.1) is 0 Å². The highest BCUT2D eigenvalue weighted by Gasteiger charge is 2.49. The van der Waals surface area contributed by atoms with Crippen LogP contribution in [-0.4, -0.2) is 36.6 Å². The molecule has 3 nitrogen and oxygen atoms in total. The quantitative estimate of drug-likeness (QED) is 0.485. The summed E-state index contributed by atoms with van der Waals surface area (Å²) in [6.07, 6.45) is 1.23. The van der Waals surface area contributed by atoms with Crippen molar-refractivity contribution in [2.45, 2.75) is 40.2 Å². The third kappa shape index (κ3) is 2.40. The van der Waals surface area contributed by atoms with Gasteiger partial charge in [0.15, 0.2) is 0 Å². The van der Waals surface area contributed by atoms with Crippen LogP contribution in [0.3, 0.4) is 0 Å². The second-order valence-corrected chi connectivity index (χ2v) is 3.63. The lowest BCUT2D eigenvalue weighted by Gasteiger charge is -2.50. The summed E-state index contributed by atoms with van der Waals surface area (Å²) in [5, 5.41) is 0. The van der Waals surface area contributed by atoms with Crippen molar-refractivity contribution < 1.29 is 4.48 Å². The Morgan fingerprint density at radius 1 is 1.33 bits per heavy atom. The highest BCUT2D eigenvalue weighted by Crippen LogP contribution is 2.33. The molecule has 0 saturated carbocycles. The maximum absolute atomic E-state index is 5.80. The topological polar surface area (TPSA) is 38.4 Å². The second kappa shape index (κ2) is 5.91. The Bertz CT molecular complexity index is 245. The number of aliphatic imine (C=N–C) groups is 1. The van der Waals surface area contributed by atoms with E-state index in [4.69, 9.17) is 5.73 Å². The molecule has 0 amide bonds. The summed E-state index contributed by atoms with van der Waals surface area (Å²) in [6.45, 7) is 13.9. The maximum Gasteiger partial charge on any atom is 0.295 e. The molecule has 0 aliphatic carbocycles. The summed E-state index contributed by atoms with van der Waals surface area (Å²) < 4.78 is 0.818. The summed E-state index contributed by atoms with van der Waals surface area (Å²) in [4.78, 5) is 4.23. The summed E-state index contributed by atoms with van der Waals surface area (Å²) >= 11 is 0. The number of guanidine groups is 1. The number of hydrogen-bond acceptors (Lipinski definition) is 2. The number of nitrogens with two attached hydrogens (primary N) is 1. The van der Waals surface area contributed by atoms with Crippen molar-refractivity contribution >= 4 is 5.96 Å². The molecule has 0 spiro atoms. The van der Waals surface area contributed by atoms with Crippen LogP contribution in [0.4, 0.5) is 0 Å². The lowest BCUT2D eigenvalue weighted by Crippen LogP contribution is -2.70. The molecule has 2 aliphatic rings. The molecular formula is C12H26N3+. The predicted molar refractivity (Wildman–Crippen MR) is 67.8 cm³/mol. The van der Waals surface area contributed by atoms with Gasteiger partial charge in [-0.15, -0.1) is 0 Å². The van der Waals surface area contributed by atoms with Crippen LogP contribution in [0.2, 0.25) is 0 Å². The molecule has 0 aromatic carbocycles. The molecule has 88 valence electrons. The van der Waals surface area contributed by atoms with Crippen LogP contribution in [0.5, 0.6) is 0 Å². The minimum atomic E-state index is 0.562. The fourth-order valence-corrected chi connectivity index (χ4v) is 1.98. The molecule has 0 aromatic heterocycles. The van der Waals surface area contributed by atoms with Crippen molar-refractivity contribution in [2.24, 2.45) is 10.7 Å². The smallest absolute Gasteiger partial charge is 0.295 e. The normalized spacial score (nSPS) is 31.9. The van der Waals surface area contributed by atoms with Gasteiger partial charge in [-0.3, -0.25) is 4.48 Å². The second-order valence-electron chi connectivity index (χ2n) is 3.63. The van der Waals surface area contributed by atoms with Crippen molar-refractivity contribution in [2.75, 3.05) is 20.1 Å². The molecule has 2 atom stereocenters. The molecule has 15 heavy (non-hydrogen) atoms. The minimum absolute atomic E-state index is 0.562. The molecule has 0 radical (unpaired) electrons. The Morgan fingerprint density at radius 3 is 2.20 bits per heavy atom. The van der Waals surface area contributed by atoms with Crippen molar-refractivity contribution in [1.82, 2.24) is 0 Å². The molecule has 2 rings (SSSR count). The Morgan fingerprint density at radius 2 is 1.87 bits per heavy atom. The van der Waals surface area contributed by atoms with Crippen LogP contribution in [0.15, 0.2) is 17.1 Å². The molecule has 2 N–H and O–H groups in total. The summed E-state index contributed by atoms with van der Waals surface area (Å²) in [7, 11) is 2.14. The van der Waals surface area contributed by atoms with Crippen LogP contribution in [0.1, 0.15) is 34.1 Å². The van der Waals surface area contributed by atoms with Crippen LogP contribution < -0.4 is 5.73 Å². The fraction of sp³-hybridized carbons (Fsp3) is 0.750. The van der Waals surface area contributed by atoms with Crippen molar-refractivity contribution in [3.8, 4) is 0 Å². The number of nitrogens with zero attached hydrogens (tertiary/aromatic N) is 2. The van der Waals surface area contributed by atoms with Gasteiger partial charge in [-0.1, -0.05) is 34.3 Å². The number of quaternary nitrogens is 1. The third-order valence-electron chi connectivity index (χ3n) is 2.99. The van der Waals surface area contributed by atoms with E-state index in [1.807, 2.05) is 27.7 Å². The third-order valence-corrected chi connectivity index (χ3v) is 2.99. The standard InChI is InChI=1S/C8H14N3.2C2H6/c1-6-5-10-8(9)11(2)4-3-7(6)11;2*1-2/h7H,1,3-5H2,2H3,(H2,9,10);2*1-2H3/q+1;;. The van der Waals surface area contributed by atoms with Gasteiger partial charge in [0.25, 0.3) is 5.96 Å². The van der Waals surface area contributed by atoms with Gasteiger partial charge in [-0.25, -0.2) is 4.99 Å². The van der Waals surface area contributed by atoms with E-state index in [0.717, 1.165) is 23.5 Å². The Balaban J connectivity index is 0.000000442. The lowest BCUT2D eigenvalue weighted by molar-refractivity contribution is -0.887. The number of likely N-dealkylation sites (N-methyl/N-ethyl adjacent to an activating group) is 1. The highest BCUT2D eigenvalue weighted by atomic mass is 15.5. The van der Waals surface area contributed by atoms with Gasteiger partial charge in [0.1, 0.15) is 6.04 Å². The number of fused-ring (bicyclic) bond motifs is 1. The average molecular weight is 212 g/mol. The summed E-state index contributed by atoms with van der Waals surface area (Å²) in [5.74, 6) is 0.786. The van der Waals surface area contributed by atoms with Gasteiger partial charge < -0.3 is 5.73 Å². The molecule has 1 fully saturated rings. The molecular weight excluding hydrogens is 186 g/mol. The number of rotatable bonds is 0. The Labute approximate surface area is 94.3 Å². The van der Waals surface area contributed by atoms with E-state index >= 15 is 0 Å². The first-order valence-electron chi connectivity index (χ1n) is 5.98. The zero-order valence-corrected chi connectivity index (χ0v) is 10.9. The molecule has 3 heteroatoms. The highest BCUT2D eigenvalue weighted by molar-refractivity contribution is 5.73. The van der Waals surface area contributed by atoms with E-state index in [1.165, 1.54) is 12.0 Å². The first kappa shape index (κ1) is 14.2. The first-order chi connectivity index (χ1) is 7.14. The van der Waals surface area contributed by atoms with Crippen molar-refractivity contribution in [3.63, 3.8) is 0 Å². The fourth-order valence-electron chi connectivity index (χ4n) is 1.98. The van der Waals surface area contributed by atoms with Gasteiger partial charge >= 0.3 is 0 Å². The molecule has 2 unspecified atom stereocenters. The number of hydrogen-bond donors (Lipinski definition) is 1. The zero-order chi connectivity index (χ0) is 12.1. The predicted octanol–water partition coefficient (Wildman–Crippen LogP) is 2.14. The Kier molecular flexibility index (Phi) is 5.58. The van der Waals surface area contributed by atoms with Crippen LogP contribution >= 0.6 is 0 Å². The molecule has 2 aliphatic heterocycles. The lowest BCUT2D eigenvalue weighted by atomic mass is 9.91. The van der Waals surface area contributed by atoms with E-state index in [-0.39, 0.29) is 0 Å². The first-order valence-corrected chi connectivity index (χ1v) is 5.98. The van der Waals surface area contributed by atoms with Gasteiger partial charge in [0, 0.05) is 5.57 Å². The van der Waals surface area contributed by atoms with E-state index in [0.29, 0.717) is 6.04 Å². The summed E-state index contributed by atoms with van der Waals surface area (Å²) in [5.41, 5.74) is 7.04. The molecule has 1 saturated heterocycles. The summed E-state index contributed by atoms with van der Waals surface area (Å²) in [6, 6.07) is 0.562. The van der Waals surface area contributed by atoms with Crippen molar-refractivity contribution in [3.05, 3.63) is 12.2 Å². The zero-order valence-electron chi connectivity index (χ0n) is 10.9. The van der Waals surface area contributed by atoms with Crippen LogP contribution in [-0.2, 0) is 0 Å². The van der Waals surface area contributed by atoms with Gasteiger partial charge in [-0.2, -0.15) is 0 Å². The van der Waals surface area contributed by atoms with E-state index in [1.54, 1.807) is 0 Å². The average Bonchev–Trinajstić information content (AvgIpc) is 2.27. The van der Waals surface area contributed by atoms with E-state index in [9.17, 15) is 0 Å². The SMILES string of the molecule is C=C1CN=C(N)[N+]2(C)CCC12.CC.CC. The molecule has 0 bridgehead atoms. The van der Waals surface area contributed by atoms with Crippen molar-refractivity contribution in [1.29, 1.82) is 0 Å².